The fourth-order valence-electron chi connectivity index (χ4n) is 2.56. The van der Waals surface area contributed by atoms with Crippen molar-refractivity contribution in [3.8, 4) is 11.5 Å². The lowest BCUT2D eigenvalue weighted by Gasteiger charge is -2.14. The molecule has 1 aromatic rings. The zero-order chi connectivity index (χ0) is 21.8. The van der Waals surface area contributed by atoms with Crippen molar-refractivity contribution in [1.29, 1.82) is 0 Å². The first kappa shape index (κ1) is 24.2. The zero-order valence-electron chi connectivity index (χ0n) is 17.9. The molecule has 0 saturated carbocycles. The van der Waals surface area contributed by atoms with Crippen LogP contribution in [0.1, 0.15) is 43.6 Å². The second kappa shape index (κ2) is 12.6. The number of hydrogen-bond donors (Lipinski definition) is 2. The predicted molar refractivity (Wildman–Crippen MR) is 114 cm³/mol. The highest BCUT2D eigenvalue weighted by Crippen LogP contribution is 2.29. The van der Waals surface area contributed by atoms with E-state index < -0.39 is 5.97 Å². The molecule has 160 valence electrons. The molecular formula is C22H32N2O5. The molecule has 0 heterocycles. The van der Waals surface area contributed by atoms with Crippen LogP contribution >= 0.6 is 0 Å². The minimum atomic E-state index is -0.622. The number of hydrogen-bond acceptors (Lipinski definition) is 6. The lowest BCUT2D eigenvalue weighted by Crippen LogP contribution is -2.24. The molecule has 29 heavy (non-hydrogen) atoms. The van der Waals surface area contributed by atoms with E-state index in [1.54, 1.807) is 32.1 Å². The number of nitrogens with one attached hydrogen (secondary N) is 1. The third-order valence-corrected chi connectivity index (χ3v) is 4.12. The topological polar surface area (TPSA) is 88.1 Å². The van der Waals surface area contributed by atoms with Crippen LogP contribution < -0.4 is 10.1 Å². The van der Waals surface area contributed by atoms with Crippen LogP contribution in [0.25, 0.3) is 6.08 Å². The molecule has 0 fully saturated rings. The third kappa shape index (κ3) is 8.39. The summed E-state index contributed by atoms with van der Waals surface area (Å²) < 4.78 is 10.4. The molecule has 0 aromatic heterocycles. The highest BCUT2D eigenvalue weighted by Gasteiger charge is 2.19. The Bertz CT molecular complexity index is 737. The number of phenolic OH excluding ortho intramolecular Hbond substituents is 1. The predicted octanol–water partition coefficient (Wildman–Crippen LogP) is 2.99. The highest BCUT2D eigenvalue weighted by molar-refractivity contribution is 5.97. The van der Waals surface area contributed by atoms with Crippen LogP contribution in [-0.4, -0.2) is 61.3 Å². The Morgan fingerprint density at radius 1 is 1.21 bits per heavy atom. The maximum Gasteiger partial charge on any atom is 0.342 e. The summed E-state index contributed by atoms with van der Waals surface area (Å²) in [5, 5.41) is 13.0. The van der Waals surface area contributed by atoms with E-state index in [0.29, 0.717) is 11.3 Å². The molecule has 0 spiro atoms. The maximum atomic E-state index is 12.3. The number of esters is 1. The van der Waals surface area contributed by atoms with E-state index >= 15 is 0 Å². The van der Waals surface area contributed by atoms with Crippen LogP contribution in [0.5, 0.6) is 11.5 Å². The Kier molecular flexibility index (Phi) is 10.5. The minimum absolute atomic E-state index is 0.0567. The normalized spacial score (nSPS) is 11.6. The highest BCUT2D eigenvalue weighted by atomic mass is 16.5. The van der Waals surface area contributed by atoms with Crippen molar-refractivity contribution in [3.05, 3.63) is 41.5 Å². The van der Waals surface area contributed by atoms with Gasteiger partial charge in [0.05, 0.1) is 13.2 Å². The molecule has 0 bridgehead atoms. The van der Waals surface area contributed by atoms with Crippen LogP contribution in [0.2, 0.25) is 0 Å². The van der Waals surface area contributed by atoms with Gasteiger partial charge in [0.25, 0.3) is 0 Å². The quantitative estimate of drug-likeness (QED) is 0.435. The van der Waals surface area contributed by atoms with Gasteiger partial charge < -0.3 is 24.8 Å². The molecule has 0 saturated heterocycles. The van der Waals surface area contributed by atoms with Gasteiger partial charge in [0.1, 0.15) is 17.1 Å². The van der Waals surface area contributed by atoms with Gasteiger partial charge in [-0.2, -0.15) is 0 Å². The zero-order valence-corrected chi connectivity index (χ0v) is 17.9. The number of phenols is 1. The molecule has 7 nitrogen and oxygen atoms in total. The molecule has 0 atom stereocenters. The summed E-state index contributed by atoms with van der Waals surface area (Å²) in [6.07, 6.45) is 6.35. The minimum Gasteiger partial charge on any atom is -0.507 e. The summed E-state index contributed by atoms with van der Waals surface area (Å²) in [7, 11) is 1.47. The van der Waals surface area contributed by atoms with Crippen LogP contribution in [0.3, 0.4) is 0 Å². The van der Waals surface area contributed by atoms with Gasteiger partial charge in [0.15, 0.2) is 0 Å². The SMILES string of the molecule is CCN(CC)C/C=C/C(=O)NC/C=C/c1cc(OC)cc(O)c1C(=O)OC(C)C. The molecule has 0 unspecified atom stereocenters. The maximum absolute atomic E-state index is 12.3. The Morgan fingerprint density at radius 3 is 2.48 bits per heavy atom. The third-order valence-electron chi connectivity index (χ3n) is 4.12. The van der Waals surface area contributed by atoms with Crippen LogP contribution in [-0.2, 0) is 9.53 Å². The van der Waals surface area contributed by atoms with E-state index in [4.69, 9.17) is 9.47 Å². The molecule has 0 aliphatic carbocycles. The summed E-state index contributed by atoms with van der Waals surface area (Å²) in [6, 6.07) is 2.98. The second-order valence-corrected chi connectivity index (χ2v) is 6.60. The molecule has 7 heteroatoms. The van der Waals surface area contributed by atoms with Crippen LogP contribution in [0.4, 0.5) is 0 Å². The average molecular weight is 405 g/mol. The molecule has 1 aromatic carbocycles. The van der Waals surface area contributed by atoms with E-state index in [0.717, 1.165) is 19.6 Å². The van der Waals surface area contributed by atoms with Crippen molar-refractivity contribution in [2.24, 2.45) is 0 Å². The van der Waals surface area contributed by atoms with Crippen molar-refractivity contribution in [1.82, 2.24) is 10.2 Å². The van der Waals surface area contributed by atoms with Crippen molar-refractivity contribution in [3.63, 3.8) is 0 Å². The fourth-order valence-corrected chi connectivity index (χ4v) is 2.56. The van der Waals surface area contributed by atoms with E-state index in [1.807, 2.05) is 6.08 Å². The number of benzene rings is 1. The second-order valence-electron chi connectivity index (χ2n) is 6.60. The van der Waals surface area contributed by atoms with Gasteiger partial charge in [0, 0.05) is 25.2 Å². The summed E-state index contributed by atoms with van der Waals surface area (Å²) in [5.41, 5.74) is 0.500. The number of likely N-dealkylation sites (N-methyl/N-ethyl adjacent to an activating group) is 1. The Hall–Kier alpha value is -2.80. The Labute approximate surface area is 173 Å². The lowest BCUT2D eigenvalue weighted by atomic mass is 10.0. The van der Waals surface area contributed by atoms with Crippen LogP contribution in [0.15, 0.2) is 30.4 Å². The number of carbonyl (C=O) groups is 2. The van der Waals surface area contributed by atoms with E-state index in [2.05, 4.69) is 24.1 Å². The number of ether oxygens (including phenoxy) is 2. The van der Waals surface area contributed by atoms with Crippen LogP contribution in [0, 0.1) is 0 Å². The van der Waals surface area contributed by atoms with E-state index in [1.165, 1.54) is 19.3 Å². The largest absolute Gasteiger partial charge is 0.507 e. The summed E-state index contributed by atoms with van der Waals surface area (Å²) >= 11 is 0. The first-order valence-electron chi connectivity index (χ1n) is 9.77. The summed E-state index contributed by atoms with van der Waals surface area (Å²) in [5.74, 6) is -0.637. The van der Waals surface area contributed by atoms with Gasteiger partial charge in [-0.1, -0.05) is 32.1 Å². The molecule has 1 amide bonds. The molecule has 1 rings (SSSR count). The number of aromatic hydroxyl groups is 1. The summed E-state index contributed by atoms with van der Waals surface area (Å²) in [4.78, 5) is 26.4. The van der Waals surface area contributed by atoms with E-state index in [9.17, 15) is 14.7 Å². The van der Waals surface area contributed by atoms with E-state index in [-0.39, 0.29) is 29.9 Å². The lowest BCUT2D eigenvalue weighted by molar-refractivity contribution is -0.116. The Morgan fingerprint density at radius 2 is 1.90 bits per heavy atom. The number of rotatable bonds is 11. The van der Waals surface area contributed by atoms with Crippen molar-refractivity contribution >= 4 is 18.0 Å². The fraction of sp³-hybridized carbons (Fsp3) is 0.455. The number of methoxy groups -OCH3 is 1. The van der Waals surface area contributed by atoms with Gasteiger partial charge in [-0.3, -0.25) is 4.79 Å². The summed E-state index contributed by atoms with van der Waals surface area (Å²) in [6.45, 7) is 10.5. The van der Waals surface area contributed by atoms with Gasteiger partial charge in [-0.15, -0.1) is 0 Å². The van der Waals surface area contributed by atoms with Crippen molar-refractivity contribution < 1.29 is 24.2 Å². The van der Waals surface area contributed by atoms with Gasteiger partial charge in [-0.05, 0) is 38.6 Å². The Balaban J connectivity index is 2.79. The first-order chi connectivity index (χ1) is 13.8. The standard InChI is InChI=1S/C22H32N2O5/c1-6-24(7-2)13-9-11-20(26)23-12-8-10-17-14-18(28-5)15-19(25)21(17)22(27)29-16(3)4/h8-11,14-16,25H,6-7,12-13H2,1-5H3,(H,23,26)/b10-8+,11-9+. The van der Waals surface area contributed by atoms with Gasteiger partial charge >= 0.3 is 5.97 Å². The molecular weight excluding hydrogens is 372 g/mol. The monoisotopic (exact) mass is 404 g/mol. The number of nitrogens with zero attached hydrogens (tertiary/aromatic N) is 1. The van der Waals surface area contributed by atoms with Crippen molar-refractivity contribution in [2.45, 2.75) is 33.8 Å². The first-order valence-corrected chi connectivity index (χ1v) is 9.77. The number of amides is 1. The molecule has 0 radical (unpaired) electrons. The molecule has 0 aliphatic heterocycles. The van der Waals surface area contributed by atoms with Gasteiger partial charge in [-0.25, -0.2) is 4.79 Å². The average Bonchev–Trinajstić information content (AvgIpc) is 2.67. The molecule has 2 N–H and O–H groups in total. The van der Waals surface area contributed by atoms with Gasteiger partial charge in [0.2, 0.25) is 5.91 Å². The number of carbonyl (C=O) groups excluding carboxylic acids is 2. The van der Waals surface area contributed by atoms with Crippen molar-refractivity contribution in [2.75, 3.05) is 33.3 Å². The molecule has 0 aliphatic rings. The smallest absolute Gasteiger partial charge is 0.342 e.